The van der Waals surface area contributed by atoms with Gasteiger partial charge in [0.1, 0.15) is 0 Å². The van der Waals surface area contributed by atoms with Crippen molar-refractivity contribution in [2.24, 2.45) is 0 Å². The van der Waals surface area contributed by atoms with Crippen LogP contribution in [0.2, 0.25) is 6.04 Å². The third-order valence-corrected chi connectivity index (χ3v) is 8.35. The van der Waals surface area contributed by atoms with Crippen molar-refractivity contribution in [2.75, 3.05) is 60.3 Å². The number of methoxy groups -OCH3 is 2. The Morgan fingerprint density at radius 1 is 0.677 bits per heavy atom. The van der Waals surface area contributed by atoms with Crippen molar-refractivity contribution in [3.63, 3.8) is 0 Å². The van der Waals surface area contributed by atoms with E-state index < -0.39 is 8.80 Å². The smallest absolute Gasteiger partial charge is 0.383 e. The summed E-state index contributed by atoms with van der Waals surface area (Å²) < 4.78 is 27.9. The Bertz CT molecular complexity index is 389. The lowest BCUT2D eigenvalue weighted by atomic mass is 10.1. The molecule has 0 N–H and O–H groups in total. The summed E-state index contributed by atoms with van der Waals surface area (Å²) in [6.07, 6.45) is 9.88. The van der Waals surface area contributed by atoms with Gasteiger partial charge in [-0.05, 0) is 33.6 Å². The first-order valence-corrected chi connectivity index (χ1v) is 14.2. The molecule has 0 aromatic rings. The van der Waals surface area contributed by atoms with Crippen LogP contribution in [0, 0.1) is 0 Å². The summed E-state index contributed by atoms with van der Waals surface area (Å²) in [6, 6.07) is 0.910. The number of hydrogen-bond donors (Lipinski definition) is 0. The minimum absolute atomic E-state index is 0.208. The minimum atomic E-state index is -2.47. The Labute approximate surface area is 192 Å². The molecule has 0 unspecified atom stereocenters. The second kappa shape index (κ2) is 21.3. The molecule has 0 bridgehead atoms. The Balaban J connectivity index is 3.86. The van der Waals surface area contributed by atoms with E-state index >= 15 is 0 Å². The van der Waals surface area contributed by atoms with Gasteiger partial charge in [0.05, 0.1) is 13.2 Å². The van der Waals surface area contributed by atoms with E-state index in [0.29, 0.717) is 52.5 Å². The first kappa shape index (κ1) is 30.5. The van der Waals surface area contributed by atoms with Crippen LogP contribution < -0.4 is 0 Å². The third-order valence-electron chi connectivity index (χ3n) is 5.20. The second-order valence-electron chi connectivity index (χ2n) is 7.68. The zero-order chi connectivity index (χ0) is 23.2. The van der Waals surface area contributed by atoms with Crippen LogP contribution in [0.25, 0.3) is 0 Å². The lowest BCUT2D eigenvalue weighted by Gasteiger charge is -2.28. The SMILES string of the molecule is CCO[Si](CCCCCCCCCCC(=O)N(CCOC)CCOC)(OCC)OCC. The van der Waals surface area contributed by atoms with Gasteiger partial charge in [0.25, 0.3) is 0 Å². The molecule has 0 spiro atoms. The number of hydrogen-bond acceptors (Lipinski definition) is 6. The number of rotatable bonds is 23. The maximum atomic E-state index is 12.4. The van der Waals surface area contributed by atoms with Gasteiger partial charge in [-0.2, -0.15) is 0 Å². The molecule has 0 rings (SSSR count). The molecule has 31 heavy (non-hydrogen) atoms. The summed E-state index contributed by atoms with van der Waals surface area (Å²) >= 11 is 0. The van der Waals surface area contributed by atoms with Crippen LogP contribution in [0.15, 0.2) is 0 Å². The average Bonchev–Trinajstić information content (AvgIpc) is 2.75. The van der Waals surface area contributed by atoms with Crippen molar-refractivity contribution in [2.45, 2.75) is 84.6 Å². The Morgan fingerprint density at radius 3 is 1.52 bits per heavy atom. The quantitative estimate of drug-likeness (QED) is 0.162. The molecule has 0 radical (unpaired) electrons. The summed E-state index contributed by atoms with van der Waals surface area (Å²) in [7, 11) is 0.851. The summed E-state index contributed by atoms with van der Waals surface area (Å²) in [5.41, 5.74) is 0. The van der Waals surface area contributed by atoms with E-state index in [2.05, 4.69) is 0 Å². The van der Waals surface area contributed by atoms with E-state index in [1.807, 2.05) is 25.7 Å². The van der Waals surface area contributed by atoms with Gasteiger partial charge in [-0.15, -0.1) is 0 Å². The number of nitrogens with zero attached hydrogens (tertiary/aromatic N) is 1. The van der Waals surface area contributed by atoms with Crippen LogP contribution in [-0.2, 0) is 27.5 Å². The molecule has 0 aromatic heterocycles. The lowest BCUT2D eigenvalue weighted by molar-refractivity contribution is -0.132. The van der Waals surface area contributed by atoms with Crippen molar-refractivity contribution in [3.8, 4) is 0 Å². The molecule has 0 fully saturated rings. The van der Waals surface area contributed by atoms with Crippen LogP contribution in [0.4, 0.5) is 0 Å². The number of ether oxygens (including phenoxy) is 2. The molecule has 0 saturated heterocycles. The first-order valence-electron chi connectivity index (χ1n) is 12.3. The minimum Gasteiger partial charge on any atom is -0.383 e. The van der Waals surface area contributed by atoms with Gasteiger partial charge in [-0.1, -0.05) is 38.5 Å². The fourth-order valence-electron chi connectivity index (χ4n) is 3.60. The molecule has 7 nitrogen and oxygen atoms in total. The summed E-state index contributed by atoms with van der Waals surface area (Å²) in [6.45, 7) is 10.4. The third kappa shape index (κ3) is 15.9. The molecule has 0 aliphatic rings. The first-order chi connectivity index (χ1) is 15.1. The van der Waals surface area contributed by atoms with Gasteiger partial charge >= 0.3 is 8.80 Å². The average molecular weight is 464 g/mol. The number of unbranched alkanes of at least 4 members (excludes halogenated alkanes) is 7. The van der Waals surface area contributed by atoms with E-state index in [9.17, 15) is 4.79 Å². The molecule has 0 aromatic carbocycles. The Kier molecular flexibility index (Phi) is 21.0. The summed E-state index contributed by atoms with van der Waals surface area (Å²) in [4.78, 5) is 14.2. The fraction of sp³-hybridized carbons (Fsp3) is 0.957. The second-order valence-corrected chi connectivity index (χ2v) is 10.4. The molecule has 8 heteroatoms. The number of carbonyl (C=O) groups is 1. The monoisotopic (exact) mass is 463 g/mol. The van der Waals surface area contributed by atoms with Gasteiger partial charge in [0.2, 0.25) is 5.91 Å². The molecule has 0 heterocycles. The van der Waals surface area contributed by atoms with Crippen LogP contribution in [0.5, 0.6) is 0 Å². The van der Waals surface area contributed by atoms with E-state index in [0.717, 1.165) is 25.3 Å². The van der Waals surface area contributed by atoms with Gasteiger partial charge < -0.3 is 27.7 Å². The maximum absolute atomic E-state index is 12.4. The van der Waals surface area contributed by atoms with Crippen LogP contribution in [-0.4, -0.2) is 80.0 Å². The molecule has 1 amide bonds. The normalized spacial score (nSPS) is 11.8. The van der Waals surface area contributed by atoms with Gasteiger partial charge in [0.15, 0.2) is 0 Å². The molecular formula is C23H49NO6Si. The number of carbonyl (C=O) groups excluding carboxylic acids is 1. The molecule has 0 aliphatic carbocycles. The molecule has 0 aliphatic heterocycles. The van der Waals surface area contributed by atoms with Gasteiger partial charge in [0, 0.05) is 59.6 Å². The van der Waals surface area contributed by atoms with Gasteiger partial charge in [-0.3, -0.25) is 4.79 Å². The molecule has 186 valence electrons. The highest BCUT2D eigenvalue weighted by Crippen LogP contribution is 2.21. The predicted molar refractivity (Wildman–Crippen MR) is 127 cm³/mol. The lowest BCUT2D eigenvalue weighted by Crippen LogP contribution is -2.45. The summed E-state index contributed by atoms with van der Waals surface area (Å²) in [5, 5.41) is 0. The van der Waals surface area contributed by atoms with Gasteiger partial charge in [-0.25, -0.2) is 0 Å². The highest BCUT2D eigenvalue weighted by atomic mass is 28.4. The topological polar surface area (TPSA) is 66.5 Å². The van der Waals surface area contributed by atoms with Crippen molar-refractivity contribution in [1.82, 2.24) is 4.90 Å². The van der Waals surface area contributed by atoms with Crippen molar-refractivity contribution < 1.29 is 27.5 Å². The van der Waals surface area contributed by atoms with Crippen molar-refractivity contribution in [1.29, 1.82) is 0 Å². The maximum Gasteiger partial charge on any atom is 0.500 e. The van der Waals surface area contributed by atoms with E-state index in [-0.39, 0.29) is 5.91 Å². The van der Waals surface area contributed by atoms with Crippen molar-refractivity contribution in [3.05, 3.63) is 0 Å². The highest BCUT2D eigenvalue weighted by molar-refractivity contribution is 6.60. The van der Waals surface area contributed by atoms with Crippen LogP contribution in [0.3, 0.4) is 0 Å². The number of amides is 1. The fourth-order valence-corrected chi connectivity index (χ4v) is 6.29. The van der Waals surface area contributed by atoms with E-state index in [1.54, 1.807) is 14.2 Å². The largest absolute Gasteiger partial charge is 0.500 e. The molecule has 0 saturated carbocycles. The molecular weight excluding hydrogens is 414 g/mol. The predicted octanol–water partition coefficient (Wildman–Crippen LogP) is 4.67. The highest BCUT2D eigenvalue weighted by Gasteiger charge is 2.39. The standard InChI is InChI=1S/C23H49NO6Si/c1-6-28-31(29-7-2,30-8-3)22-16-14-12-10-9-11-13-15-17-23(25)24(18-20-26-4)19-21-27-5/h6-22H2,1-5H3. The zero-order valence-corrected chi connectivity index (χ0v) is 21.9. The van der Waals surface area contributed by atoms with Crippen LogP contribution >= 0.6 is 0 Å². The Hall–Kier alpha value is -0.513. The zero-order valence-electron chi connectivity index (χ0n) is 20.9. The molecule has 0 atom stereocenters. The van der Waals surface area contributed by atoms with Crippen LogP contribution in [0.1, 0.15) is 78.6 Å². The summed E-state index contributed by atoms with van der Waals surface area (Å²) in [5.74, 6) is 0.208. The Morgan fingerprint density at radius 2 is 1.10 bits per heavy atom. The van der Waals surface area contributed by atoms with Crippen molar-refractivity contribution >= 4 is 14.7 Å². The van der Waals surface area contributed by atoms with E-state index in [1.165, 1.54) is 32.1 Å². The van der Waals surface area contributed by atoms with E-state index in [4.69, 9.17) is 22.8 Å².